The van der Waals surface area contributed by atoms with Gasteiger partial charge < -0.3 is 14.6 Å². The monoisotopic (exact) mass is 226 g/mol. The Hall–Kier alpha value is -0.870. The van der Waals surface area contributed by atoms with E-state index >= 15 is 0 Å². The highest BCUT2D eigenvalue weighted by Gasteiger charge is 2.14. The van der Waals surface area contributed by atoms with Crippen molar-refractivity contribution in [1.82, 2.24) is 0 Å². The molecule has 0 spiro atoms. The van der Waals surface area contributed by atoms with Crippen LogP contribution < -0.4 is 9.47 Å². The van der Waals surface area contributed by atoms with Gasteiger partial charge in [0.2, 0.25) is 0 Å². The van der Waals surface area contributed by atoms with Gasteiger partial charge in [-0.1, -0.05) is 0 Å². The van der Waals surface area contributed by atoms with Crippen molar-refractivity contribution in [3.05, 3.63) is 17.7 Å². The van der Waals surface area contributed by atoms with Crippen LogP contribution in [0.5, 0.6) is 11.5 Å². The molecule has 1 N–H and O–H groups in total. The van der Waals surface area contributed by atoms with Gasteiger partial charge in [-0.25, -0.2) is 0 Å². The van der Waals surface area contributed by atoms with E-state index in [1.807, 2.05) is 18.4 Å². The van der Waals surface area contributed by atoms with Gasteiger partial charge in [0, 0.05) is 11.5 Å². The molecule has 0 atom stereocenters. The summed E-state index contributed by atoms with van der Waals surface area (Å²) in [5.41, 5.74) is 1.12. The highest BCUT2D eigenvalue weighted by Crippen LogP contribution is 2.36. The van der Waals surface area contributed by atoms with Crippen LogP contribution in [0, 0.1) is 0 Å². The molecule has 0 fully saturated rings. The molecule has 1 aliphatic heterocycles. The minimum atomic E-state index is 0.160. The van der Waals surface area contributed by atoms with Gasteiger partial charge >= 0.3 is 0 Å². The highest BCUT2D eigenvalue weighted by molar-refractivity contribution is 7.98. The van der Waals surface area contributed by atoms with Crippen molar-refractivity contribution < 1.29 is 14.6 Å². The first-order valence-electron chi connectivity index (χ1n) is 4.92. The predicted octanol–water partition coefficient (Wildman–Crippen LogP) is 1.71. The van der Waals surface area contributed by atoms with Gasteiger partial charge in [0.05, 0.1) is 0 Å². The Balaban J connectivity index is 2.37. The maximum atomic E-state index is 8.96. The van der Waals surface area contributed by atoms with Gasteiger partial charge in [-0.2, -0.15) is 0 Å². The van der Waals surface area contributed by atoms with Gasteiger partial charge in [-0.3, -0.25) is 0 Å². The number of aliphatic hydroxyl groups is 1. The lowest BCUT2D eigenvalue weighted by atomic mass is 10.1. The molecule has 0 radical (unpaired) electrons. The lowest BCUT2D eigenvalue weighted by Gasteiger charge is -2.20. The van der Waals surface area contributed by atoms with E-state index in [0.717, 1.165) is 22.0 Å². The van der Waals surface area contributed by atoms with Crippen LogP contribution in [0.25, 0.3) is 0 Å². The van der Waals surface area contributed by atoms with Crippen molar-refractivity contribution >= 4 is 11.8 Å². The van der Waals surface area contributed by atoms with Crippen LogP contribution in [0.2, 0.25) is 0 Å². The number of thioether (sulfide) groups is 1. The van der Waals surface area contributed by atoms with E-state index in [9.17, 15) is 0 Å². The van der Waals surface area contributed by atoms with Crippen molar-refractivity contribution in [2.45, 2.75) is 11.3 Å². The van der Waals surface area contributed by atoms with Crippen LogP contribution in [0.4, 0.5) is 0 Å². The van der Waals surface area contributed by atoms with Gasteiger partial charge in [0.15, 0.2) is 11.5 Å². The predicted molar refractivity (Wildman–Crippen MR) is 60.0 cm³/mol. The van der Waals surface area contributed by atoms with Crippen molar-refractivity contribution in [3.8, 4) is 11.5 Å². The summed E-state index contributed by atoms with van der Waals surface area (Å²) in [5, 5.41) is 8.96. The summed E-state index contributed by atoms with van der Waals surface area (Å²) in [6.45, 7) is 1.37. The van der Waals surface area contributed by atoms with Crippen LogP contribution in [0.15, 0.2) is 17.0 Å². The van der Waals surface area contributed by atoms with Gasteiger partial charge in [-0.05, 0) is 30.4 Å². The highest BCUT2D eigenvalue weighted by atomic mass is 32.2. The number of benzene rings is 1. The summed E-state index contributed by atoms with van der Waals surface area (Å²) in [4.78, 5) is 1.15. The number of rotatable bonds is 3. The number of ether oxygens (including phenoxy) is 2. The van der Waals surface area contributed by atoms with E-state index in [-0.39, 0.29) is 6.61 Å². The SMILES string of the molecule is CSc1cc2c(cc1CCO)OCCO2. The molecule has 3 nitrogen and oxygen atoms in total. The zero-order valence-electron chi connectivity index (χ0n) is 8.66. The number of hydrogen-bond acceptors (Lipinski definition) is 4. The first-order valence-corrected chi connectivity index (χ1v) is 6.15. The minimum Gasteiger partial charge on any atom is -0.486 e. The molecule has 0 amide bonds. The van der Waals surface area contributed by atoms with Crippen molar-refractivity contribution in [1.29, 1.82) is 0 Å². The quantitative estimate of drug-likeness (QED) is 0.796. The fraction of sp³-hybridized carbons (Fsp3) is 0.455. The zero-order chi connectivity index (χ0) is 10.7. The fourth-order valence-electron chi connectivity index (χ4n) is 1.62. The van der Waals surface area contributed by atoms with E-state index in [1.165, 1.54) is 0 Å². The van der Waals surface area contributed by atoms with E-state index < -0.39 is 0 Å². The summed E-state index contributed by atoms with van der Waals surface area (Å²) in [7, 11) is 0. The largest absolute Gasteiger partial charge is 0.486 e. The molecule has 15 heavy (non-hydrogen) atoms. The van der Waals surface area contributed by atoms with Crippen molar-refractivity contribution in [3.63, 3.8) is 0 Å². The molecule has 0 aromatic heterocycles. The Morgan fingerprint density at radius 2 is 1.93 bits per heavy atom. The summed E-state index contributed by atoms with van der Waals surface area (Å²) >= 11 is 1.66. The van der Waals surface area contributed by atoms with Gasteiger partial charge in [0.25, 0.3) is 0 Å². The molecular formula is C11H14O3S. The van der Waals surface area contributed by atoms with Crippen LogP contribution in [-0.4, -0.2) is 31.2 Å². The molecule has 1 aromatic rings. The van der Waals surface area contributed by atoms with Crippen LogP contribution >= 0.6 is 11.8 Å². The molecule has 0 bridgehead atoms. The molecule has 0 saturated heterocycles. The summed E-state index contributed by atoms with van der Waals surface area (Å²) in [6.07, 6.45) is 2.68. The number of fused-ring (bicyclic) bond motifs is 1. The molecule has 1 heterocycles. The second-order valence-corrected chi connectivity index (χ2v) is 4.13. The van der Waals surface area contributed by atoms with Crippen molar-refractivity contribution in [2.75, 3.05) is 26.1 Å². The van der Waals surface area contributed by atoms with Gasteiger partial charge in [-0.15, -0.1) is 11.8 Å². The molecule has 0 unspecified atom stereocenters. The Morgan fingerprint density at radius 3 is 2.53 bits per heavy atom. The van der Waals surface area contributed by atoms with Crippen LogP contribution in [0.1, 0.15) is 5.56 Å². The first-order chi connectivity index (χ1) is 7.35. The lowest BCUT2D eigenvalue weighted by molar-refractivity contribution is 0.170. The second-order valence-electron chi connectivity index (χ2n) is 3.28. The fourth-order valence-corrected chi connectivity index (χ4v) is 2.27. The Bertz CT molecular complexity index is 352. The molecule has 1 aromatic carbocycles. The Morgan fingerprint density at radius 1 is 1.27 bits per heavy atom. The van der Waals surface area contributed by atoms with E-state index in [1.54, 1.807) is 11.8 Å². The molecule has 4 heteroatoms. The molecule has 2 rings (SSSR count). The first kappa shape index (κ1) is 10.6. The third kappa shape index (κ3) is 2.21. The van der Waals surface area contributed by atoms with E-state index in [4.69, 9.17) is 14.6 Å². The molecular weight excluding hydrogens is 212 g/mol. The zero-order valence-corrected chi connectivity index (χ0v) is 9.47. The lowest BCUT2D eigenvalue weighted by Crippen LogP contribution is -2.15. The topological polar surface area (TPSA) is 38.7 Å². The van der Waals surface area contributed by atoms with Crippen LogP contribution in [-0.2, 0) is 6.42 Å². The van der Waals surface area contributed by atoms with Crippen molar-refractivity contribution in [2.24, 2.45) is 0 Å². The summed E-state index contributed by atoms with van der Waals surface area (Å²) < 4.78 is 11.0. The maximum Gasteiger partial charge on any atom is 0.162 e. The van der Waals surface area contributed by atoms with E-state index in [2.05, 4.69) is 0 Å². The average Bonchev–Trinajstić information content (AvgIpc) is 2.28. The third-order valence-corrected chi connectivity index (χ3v) is 3.15. The molecule has 0 saturated carbocycles. The van der Waals surface area contributed by atoms with Crippen LogP contribution in [0.3, 0.4) is 0 Å². The smallest absolute Gasteiger partial charge is 0.162 e. The van der Waals surface area contributed by atoms with E-state index in [0.29, 0.717) is 19.6 Å². The Labute approximate surface area is 93.4 Å². The average molecular weight is 226 g/mol. The standard InChI is InChI=1S/C11H14O3S/c1-15-11-7-10-9(13-4-5-14-10)6-8(11)2-3-12/h6-7,12H,2-5H2,1H3. The van der Waals surface area contributed by atoms with Gasteiger partial charge in [0.1, 0.15) is 13.2 Å². The number of hydrogen-bond donors (Lipinski definition) is 1. The third-order valence-electron chi connectivity index (χ3n) is 2.33. The second kappa shape index (κ2) is 4.77. The Kier molecular flexibility index (Phi) is 3.38. The molecule has 0 aliphatic carbocycles. The molecule has 82 valence electrons. The number of aliphatic hydroxyl groups excluding tert-OH is 1. The summed E-state index contributed by atoms with van der Waals surface area (Å²) in [5.74, 6) is 1.61. The maximum absolute atomic E-state index is 8.96. The summed E-state index contributed by atoms with van der Waals surface area (Å²) in [6, 6.07) is 3.96. The normalized spacial score (nSPS) is 14.0. The minimum absolute atomic E-state index is 0.160. The molecule has 1 aliphatic rings.